The van der Waals surface area contributed by atoms with Gasteiger partial charge in [0.05, 0.1) is 3.79 Å². The summed E-state index contributed by atoms with van der Waals surface area (Å²) in [5.41, 5.74) is 0. The molecule has 1 heterocycles. The molecule has 0 aromatic carbocycles. The summed E-state index contributed by atoms with van der Waals surface area (Å²) in [7, 11) is 0. The third-order valence-corrected chi connectivity index (χ3v) is 2.63. The Balaban J connectivity index is 2.86. The van der Waals surface area contributed by atoms with E-state index in [0.29, 0.717) is 0 Å². The normalized spacial score (nSPS) is 9.50. The molecule has 4 heteroatoms. The molecule has 0 aliphatic rings. The monoisotopic (exact) mass is 256 g/mol. The van der Waals surface area contributed by atoms with Crippen molar-refractivity contribution < 1.29 is 0 Å². The highest BCUT2D eigenvalue weighted by Crippen LogP contribution is 2.25. The topological polar surface area (TPSA) is 0 Å². The van der Waals surface area contributed by atoms with Gasteiger partial charge in [0.1, 0.15) is 4.49 Å². The van der Waals surface area contributed by atoms with Crippen LogP contribution < -0.4 is 0 Å². The molecule has 0 N–H and O–H groups in total. The molecule has 0 aliphatic heterocycles. The Morgan fingerprint density at radius 1 is 1.50 bits per heavy atom. The number of rotatable bonds is 1. The second-order valence-electron chi connectivity index (χ2n) is 1.58. The lowest BCUT2D eigenvalue weighted by Crippen LogP contribution is -1.54. The standard InChI is InChI=1S/C6H3BrCl2S/c7-5-2-1-4(10-5)3-6(8)9/h1-3H. The summed E-state index contributed by atoms with van der Waals surface area (Å²) in [6.45, 7) is 0. The fraction of sp³-hybridized carbons (Fsp3) is 0. The molecule has 0 spiro atoms. The van der Waals surface area contributed by atoms with E-state index >= 15 is 0 Å². The predicted molar refractivity (Wildman–Crippen MR) is 51.7 cm³/mol. The van der Waals surface area contributed by atoms with Crippen molar-refractivity contribution in [1.29, 1.82) is 0 Å². The van der Waals surface area contributed by atoms with Crippen molar-refractivity contribution >= 4 is 56.5 Å². The van der Waals surface area contributed by atoms with Crippen LogP contribution in [0.1, 0.15) is 4.88 Å². The van der Waals surface area contributed by atoms with Gasteiger partial charge in [-0.2, -0.15) is 0 Å². The maximum absolute atomic E-state index is 5.44. The Morgan fingerprint density at radius 2 is 2.20 bits per heavy atom. The van der Waals surface area contributed by atoms with Gasteiger partial charge in [-0.1, -0.05) is 23.2 Å². The molecule has 0 aliphatic carbocycles. The zero-order valence-electron chi connectivity index (χ0n) is 4.77. The van der Waals surface area contributed by atoms with Gasteiger partial charge < -0.3 is 0 Å². The smallest absolute Gasteiger partial charge is 0.108 e. The summed E-state index contributed by atoms with van der Waals surface area (Å²) in [6, 6.07) is 3.90. The van der Waals surface area contributed by atoms with E-state index in [2.05, 4.69) is 15.9 Å². The van der Waals surface area contributed by atoms with Gasteiger partial charge in [0.15, 0.2) is 0 Å². The maximum atomic E-state index is 5.44. The first-order valence-corrected chi connectivity index (χ1v) is 4.83. The number of hydrogen-bond donors (Lipinski definition) is 0. The molecule has 0 nitrogen and oxygen atoms in total. The van der Waals surface area contributed by atoms with Crippen molar-refractivity contribution in [2.75, 3.05) is 0 Å². The molecule has 1 aromatic rings. The highest BCUT2D eigenvalue weighted by molar-refractivity contribution is 9.11. The van der Waals surface area contributed by atoms with Gasteiger partial charge in [0.25, 0.3) is 0 Å². The highest BCUT2D eigenvalue weighted by Gasteiger charge is 1.93. The molecule has 54 valence electrons. The second kappa shape index (κ2) is 3.77. The van der Waals surface area contributed by atoms with Crippen LogP contribution in [0.5, 0.6) is 0 Å². The molecule has 0 fully saturated rings. The Labute approximate surface area is 81.6 Å². The largest absolute Gasteiger partial charge is 0.129 e. The fourth-order valence-electron chi connectivity index (χ4n) is 0.513. The molecule has 0 bridgehead atoms. The molecular formula is C6H3BrCl2S. The molecule has 0 unspecified atom stereocenters. The van der Waals surface area contributed by atoms with Crippen LogP contribution in [0.3, 0.4) is 0 Å². The molecule has 1 rings (SSSR count). The molecule has 10 heavy (non-hydrogen) atoms. The van der Waals surface area contributed by atoms with E-state index in [9.17, 15) is 0 Å². The minimum Gasteiger partial charge on any atom is -0.129 e. The van der Waals surface area contributed by atoms with Crippen LogP contribution in [0.2, 0.25) is 0 Å². The van der Waals surface area contributed by atoms with E-state index < -0.39 is 0 Å². The van der Waals surface area contributed by atoms with E-state index in [0.717, 1.165) is 8.66 Å². The molecule has 0 amide bonds. The van der Waals surface area contributed by atoms with E-state index in [1.165, 1.54) is 0 Å². The van der Waals surface area contributed by atoms with Crippen LogP contribution in [0.15, 0.2) is 20.4 Å². The van der Waals surface area contributed by atoms with Crippen molar-refractivity contribution in [3.05, 3.63) is 25.3 Å². The van der Waals surface area contributed by atoms with E-state index in [-0.39, 0.29) is 4.49 Å². The lowest BCUT2D eigenvalue weighted by Gasteiger charge is -1.80. The number of halogens is 3. The molecule has 0 saturated heterocycles. The van der Waals surface area contributed by atoms with Crippen LogP contribution in [0.25, 0.3) is 6.08 Å². The summed E-state index contributed by atoms with van der Waals surface area (Å²) in [5, 5.41) is 0. The van der Waals surface area contributed by atoms with Crippen LogP contribution in [-0.4, -0.2) is 0 Å². The first-order chi connectivity index (χ1) is 4.68. The Hall–Kier alpha value is 0.500. The molecule has 1 aromatic heterocycles. The van der Waals surface area contributed by atoms with Crippen LogP contribution >= 0.6 is 50.5 Å². The van der Waals surface area contributed by atoms with Crippen molar-refractivity contribution in [2.45, 2.75) is 0 Å². The quantitative estimate of drug-likeness (QED) is 0.704. The van der Waals surface area contributed by atoms with Gasteiger partial charge in [0, 0.05) is 4.88 Å². The molecule has 0 radical (unpaired) electrons. The minimum absolute atomic E-state index is 0.286. The second-order valence-corrected chi connectivity index (χ2v) is 5.08. The van der Waals surface area contributed by atoms with Crippen LogP contribution in [-0.2, 0) is 0 Å². The number of thiophene rings is 1. The predicted octanol–water partition coefficient (Wildman–Crippen LogP) is 4.29. The van der Waals surface area contributed by atoms with Gasteiger partial charge >= 0.3 is 0 Å². The first-order valence-electron chi connectivity index (χ1n) is 2.46. The zero-order chi connectivity index (χ0) is 7.56. The van der Waals surface area contributed by atoms with Crippen LogP contribution in [0, 0.1) is 0 Å². The summed E-state index contributed by atoms with van der Waals surface area (Å²) >= 11 is 15.8. The lowest BCUT2D eigenvalue weighted by molar-refractivity contribution is 1.92. The summed E-state index contributed by atoms with van der Waals surface area (Å²) in [4.78, 5) is 1.05. The van der Waals surface area contributed by atoms with Crippen molar-refractivity contribution in [3.8, 4) is 0 Å². The minimum atomic E-state index is 0.286. The van der Waals surface area contributed by atoms with Crippen LogP contribution in [0.4, 0.5) is 0 Å². The van der Waals surface area contributed by atoms with E-state index in [1.807, 2.05) is 12.1 Å². The third kappa shape index (κ3) is 2.62. The Kier molecular flexibility index (Phi) is 3.24. The van der Waals surface area contributed by atoms with Crippen molar-refractivity contribution in [2.24, 2.45) is 0 Å². The number of hydrogen-bond acceptors (Lipinski definition) is 1. The molecule has 0 atom stereocenters. The highest BCUT2D eigenvalue weighted by atomic mass is 79.9. The Morgan fingerprint density at radius 3 is 2.60 bits per heavy atom. The SMILES string of the molecule is ClC(Cl)=Cc1ccc(Br)s1. The zero-order valence-corrected chi connectivity index (χ0v) is 8.69. The lowest BCUT2D eigenvalue weighted by atomic mass is 10.5. The molecular weight excluding hydrogens is 255 g/mol. The van der Waals surface area contributed by atoms with Gasteiger partial charge in [-0.3, -0.25) is 0 Å². The van der Waals surface area contributed by atoms with E-state index in [1.54, 1.807) is 17.4 Å². The Bertz CT molecular complexity index is 250. The van der Waals surface area contributed by atoms with Gasteiger partial charge in [0.2, 0.25) is 0 Å². The average molecular weight is 258 g/mol. The summed E-state index contributed by atoms with van der Waals surface area (Å²) < 4.78 is 1.36. The van der Waals surface area contributed by atoms with Crippen molar-refractivity contribution in [1.82, 2.24) is 0 Å². The third-order valence-electron chi connectivity index (χ3n) is 0.845. The maximum Gasteiger partial charge on any atom is 0.108 e. The first kappa shape index (κ1) is 8.60. The van der Waals surface area contributed by atoms with Gasteiger partial charge in [-0.25, -0.2) is 0 Å². The van der Waals surface area contributed by atoms with E-state index in [4.69, 9.17) is 23.2 Å². The average Bonchev–Trinajstić information content (AvgIpc) is 2.13. The van der Waals surface area contributed by atoms with Crippen molar-refractivity contribution in [3.63, 3.8) is 0 Å². The molecule has 0 saturated carbocycles. The van der Waals surface area contributed by atoms with Gasteiger partial charge in [-0.15, -0.1) is 11.3 Å². The fourth-order valence-corrected chi connectivity index (χ4v) is 2.24. The van der Waals surface area contributed by atoms with Gasteiger partial charge in [-0.05, 0) is 34.1 Å². The summed E-state index contributed by atoms with van der Waals surface area (Å²) in [6.07, 6.45) is 1.71. The summed E-state index contributed by atoms with van der Waals surface area (Å²) in [5.74, 6) is 0.